The molecule has 2 aromatic rings. The van der Waals surface area contributed by atoms with Gasteiger partial charge in [0.2, 0.25) is 3.79 Å². The van der Waals surface area contributed by atoms with Crippen LogP contribution in [0.25, 0.3) is 0 Å². The molecule has 0 aliphatic carbocycles. The van der Waals surface area contributed by atoms with Gasteiger partial charge in [0, 0.05) is 16.6 Å². The predicted octanol–water partition coefficient (Wildman–Crippen LogP) is 5.59. The highest BCUT2D eigenvalue weighted by atomic mass is 79.9. The van der Waals surface area contributed by atoms with Crippen LogP contribution in [-0.4, -0.2) is 41.4 Å². The van der Waals surface area contributed by atoms with E-state index < -0.39 is 36.1 Å². The number of sulfone groups is 1. The highest BCUT2D eigenvalue weighted by molar-refractivity contribution is 9.10. The molecular weight excluding hydrogens is 640 g/mol. The maximum Gasteiger partial charge on any atom is 0.501 e. The van der Waals surface area contributed by atoms with Crippen LogP contribution in [0.4, 0.5) is 24.5 Å². The summed E-state index contributed by atoms with van der Waals surface area (Å²) in [6.45, 7) is 2.08. The first-order valence-corrected chi connectivity index (χ1v) is 13.3. The number of carbonyl (C=O) groups is 1. The number of anilines is 2. The summed E-state index contributed by atoms with van der Waals surface area (Å²) < 4.78 is 61.3. The van der Waals surface area contributed by atoms with Crippen LogP contribution < -0.4 is 21.3 Å². The van der Waals surface area contributed by atoms with Gasteiger partial charge in [-0.3, -0.25) is 4.79 Å². The summed E-state index contributed by atoms with van der Waals surface area (Å²) in [6.07, 6.45) is -1.38. The number of hydrogen-bond acceptors (Lipinski definition) is 5. The lowest BCUT2D eigenvalue weighted by molar-refractivity contribution is -0.0436. The molecule has 0 fully saturated rings. The fraction of sp³-hybridized carbons (Fsp3) is 0.263. The molecule has 0 aliphatic heterocycles. The molecule has 0 saturated heterocycles. The number of amides is 1. The third kappa shape index (κ3) is 7.99. The Morgan fingerprint density at radius 3 is 2.17 bits per heavy atom. The second kappa shape index (κ2) is 11.7. The lowest BCUT2D eigenvalue weighted by Crippen LogP contribution is -2.56. The second-order valence-corrected chi connectivity index (χ2v) is 12.4. The number of benzene rings is 2. The Morgan fingerprint density at radius 2 is 1.66 bits per heavy atom. The number of alkyl halides is 6. The van der Waals surface area contributed by atoms with Crippen molar-refractivity contribution in [2.24, 2.45) is 0 Å². The van der Waals surface area contributed by atoms with Crippen LogP contribution in [0.2, 0.25) is 0 Å². The van der Waals surface area contributed by atoms with Crippen LogP contribution in [0.5, 0.6) is 0 Å². The summed E-state index contributed by atoms with van der Waals surface area (Å²) >= 11 is 26.3. The lowest BCUT2D eigenvalue weighted by atomic mass is 10.2. The minimum atomic E-state index is -5.62. The summed E-state index contributed by atoms with van der Waals surface area (Å²) in [7, 11) is -5.62. The van der Waals surface area contributed by atoms with E-state index in [1.54, 1.807) is 19.1 Å². The molecular formula is C19H17BrCl3F3N4O3S2. The first-order chi connectivity index (χ1) is 16.1. The Morgan fingerprint density at radius 1 is 1.06 bits per heavy atom. The van der Waals surface area contributed by atoms with Crippen molar-refractivity contribution in [1.82, 2.24) is 10.6 Å². The Balaban J connectivity index is 2.29. The van der Waals surface area contributed by atoms with Gasteiger partial charge in [-0.15, -0.1) is 0 Å². The monoisotopic (exact) mass is 654 g/mol. The molecule has 35 heavy (non-hydrogen) atoms. The minimum Gasteiger partial charge on any atom is -0.384 e. The highest BCUT2D eigenvalue weighted by Crippen LogP contribution is 2.34. The molecule has 16 heteroatoms. The van der Waals surface area contributed by atoms with Crippen LogP contribution >= 0.6 is 63.0 Å². The van der Waals surface area contributed by atoms with Gasteiger partial charge in [-0.25, -0.2) is 8.42 Å². The smallest absolute Gasteiger partial charge is 0.384 e. The van der Waals surface area contributed by atoms with Crippen molar-refractivity contribution in [3.8, 4) is 0 Å². The average Bonchev–Trinajstić information content (AvgIpc) is 2.73. The van der Waals surface area contributed by atoms with Gasteiger partial charge in [0.25, 0.3) is 15.7 Å². The molecule has 4 N–H and O–H groups in total. The fourth-order valence-corrected chi connectivity index (χ4v) is 4.18. The van der Waals surface area contributed by atoms with Crippen LogP contribution in [0.15, 0.2) is 51.8 Å². The van der Waals surface area contributed by atoms with Gasteiger partial charge in [0.15, 0.2) is 5.11 Å². The summed E-state index contributed by atoms with van der Waals surface area (Å²) in [5.74, 6) is -0.615. The second-order valence-electron chi connectivity index (χ2n) is 6.74. The zero-order valence-corrected chi connectivity index (χ0v) is 23.0. The standard InChI is InChI=1S/C19H17BrCl3F3N4O3S2/c1-2-27-13-8-7-12(35(32,33)19(24,25)26)9-14(13)28-17(34)30-16(18(21,22)23)29-15(31)10-3-5-11(20)6-4-10/h3-9,16,27H,2H2,1H3,(H,29,31)(H2,28,30,34). The lowest BCUT2D eigenvalue weighted by Gasteiger charge is -2.28. The summed E-state index contributed by atoms with van der Waals surface area (Å²) in [5.41, 5.74) is -5.10. The molecule has 2 rings (SSSR count). The first-order valence-electron chi connectivity index (χ1n) is 9.46. The zero-order valence-electron chi connectivity index (χ0n) is 17.5. The molecule has 2 aromatic carbocycles. The Labute approximate surface area is 228 Å². The van der Waals surface area contributed by atoms with Crippen molar-refractivity contribution < 1.29 is 26.4 Å². The van der Waals surface area contributed by atoms with E-state index in [-0.39, 0.29) is 22.1 Å². The van der Waals surface area contributed by atoms with Gasteiger partial charge in [0.1, 0.15) is 6.17 Å². The Bertz CT molecular complexity index is 1190. The first kappa shape index (κ1) is 29.7. The maximum absolute atomic E-state index is 13.0. The third-order valence-electron chi connectivity index (χ3n) is 4.21. The SMILES string of the molecule is CCNc1ccc(S(=O)(=O)C(F)(F)F)cc1NC(=S)NC(NC(=O)c1ccc(Br)cc1)C(Cl)(Cl)Cl. The van der Waals surface area contributed by atoms with Crippen molar-refractivity contribution in [2.45, 2.75) is 27.3 Å². The van der Waals surface area contributed by atoms with E-state index in [0.717, 1.165) is 22.7 Å². The summed E-state index contributed by atoms with van der Waals surface area (Å²) in [5, 5.41) is 10.2. The number of nitrogens with one attached hydrogen (secondary N) is 4. The van der Waals surface area contributed by atoms with Crippen LogP contribution in [0.1, 0.15) is 17.3 Å². The molecule has 1 atom stereocenters. The van der Waals surface area contributed by atoms with Crippen molar-refractivity contribution in [2.75, 3.05) is 17.2 Å². The maximum atomic E-state index is 13.0. The van der Waals surface area contributed by atoms with E-state index in [4.69, 9.17) is 47.0 Å². The predicted molar refractivity (Wildman–Crippen MR) is 139 cm³/mol. The fourth-order valence-electron chi connectivity index (χ4n) is 2.58. The van der Waals surface area contributed by atoms with Crippen molar-refractivity contribution in [3.05, 3.63) is 52.5 Å². The number of thiocarbonyl (C=S) groups is 1. The minimum absolute atomic E-state index is 0.100. The number of hydrogen-bond donors (Lipinski definition) is 4. The number of rotatable bonds is 7. The van der Waals surface area contributed by atoms with Crippen LogP contribution in [-0.2, 0) is 9.84 Å². The summed E-state index contributed by atoms with van der Waals surface area (Å²) in [4.78, 5) is 11.6. The summed E-state index contributed by atoms with van der Waals surface area (Å²) in [6, 6.07) is 9.01. The van der Waals surface area contributed by atoms with E-state index in [9.17, 15) is 26.4 Å². The molecule has 7 nitrogen and oxygen atoms in total. The molecule has 0 saturated carbocycles. The quantitative estimate of drug-likeness (QED) is 0.175. The van der Waals surface area contributed by atoms with Gasteiger partial charge in [-0.2, -0.15) is 13.2 Å². The van der Waals surface area contributed by atoms with Crippen molar-refractivity contribution in [1.29, 1.82) is 0 Å². The average molecular weight is 657 g/mol. The van der Waals surface area contributed by atoms with E-state index in [2.05, 4.69) is 37.2 Å². The highest BCUT2D eigenvalue weighted by Gasteiger charge is 2.47. The normalized spacial score (nSPS) is 13.0. The van der Waals surface area contributed by atoms with E-state index in [1.807, 2.05) is 0 Å². The van der Waals surface area contributed by atoms with Crippen LogP contribution in [0.3, 0.4) is 0 Å². The van der Waals surface area contributed by atoms with Crippen molar-refractivity contribution >= 4 is 95.2 Å². The molecule has 1 unspecified atom stereocenters. The molecule has 0 spiro atoms. The molecule has 0 aliphatic rings. The number of carbonyl (C=O) groups excluding carboxylic acids is 1. The van der Waals surface area contributed by atoms with Crippen LogP contribution in [0, 0.1) is 0 Å². The van der Waals surface area contributed by atoms with Gasteiger partial charge >= 0.3 is 5.51 Å². The van der Waals surface area contributed by atoms with E-state index >= 15 is 0 Å². The molecule has 0 bridgehead atoms. The number of halogens is 7. The largest absolute Gasteiger partial charge is 0.501 e. The van der Waals surface area contributed by atoms with Gasteiger partial charge in [-0.05, 0) is 61.6 Å². The topological polar surface area (TPSA) is 99.3 Å². The Hall–Kier alpha value is -1.51. The van der Waals surface area contributed by atoms with Gasteiger partial charge in [-0.1, -0.05) is 50.7 Å². The molecule has 0 radical (unpaired) electrons. The third-order valence-corrected chi connectivity index (χ3v) is 7.09. The Kier molecular flexibility index (Phi) is 9.93. The molecule has 0 aromatic heterocycles. The molecule has 1 amide bonds. The van der Waals surface area contributed by atoms with Crippen molar-refractivity contribution in [3.63, 3.8) is 0 Å². The van der Waals surface area contributed by atoms with Gasteiger partial charge in [0.05, 0.1) is 16.3 Å². The van der Waals surface area contributed by atoms with E-state index in [1.165, 1.54) is 12.1 Å². The molecule has 0 heterocycles. The molecule has 192 valence electrons. The van der Waals surface area contributed by atoms with E-state index in [0.29, 0.717) is 6.54 Å². The van der Waals surface area contributed by atoms with Gasteiger partial charge < -0.3 is 21.3 Å². The zero-order chi connectivity index (χ0) is 26.6.